The van der Waals surface area contributed by atoms with Gasteiger partial charge in [-0.3, -0.25) is 4.79 Å². The van der Waals surface area contributed by atoms with Crippen LogP contribution in [0.1, 0.15) is 45.6 Å². The normalized spacial score (nSPS) is 19.5. The van der Waals surface area contributed by atoms with E-state index in [0.29, 0.717) is 38.0 Å². The molecule has 2 fully saturated rings. The van der Waals surface area contributed by atoms with Gasteiger partial charge in [0.1, 0.15) is 5.60 Å². The molecule has 2 saturated heterocycles. The molecule has 26 heavy (non-hydrogen) atoms. The van der Waals surface area contributed by atoms with E-state index in [-0.39, 0.29) is 17.4 Å². The minimum atomic E-state index is -0.512. The number of amides is 2. The highest BCUT2D eigenvalue weighted by atomic mass is 16.6. The minimum absolute atomic E-state index is 0.131. The minimum Gasteiger partial charge on any atom is -0.444 e. The molecule has 2 amide bonds. The largest absolute Gasteiger partial charge is 0.444 e. The van der Waals surface area contributed by atoms with Crippen LogP contribution in [0.3, 0.4) is 0 Å². The summed E-state index contributed by atoms with van der Waals surface area (Å²) < 4.78 is 5.43. The topological polar surface area (TPSA) is 73.6 Å². The summed E-state index contributed by atoms with van der Waals surface area (Å²) in [5.41, 5.74) is 0.523. The van der Waals surface area contributed by atoms with Crippen LogP contribution in [0.25, 0.3) is 0 Å². The Morgan fingerprint density at radius 2 is 1.69 bits per heavy atom. The monoisotopic (exact) mass is 355 g/mol. The average molecular weight is 355 g/mol. The highest BCUT2D eigenvalue weighted by molar-refractivity contribution is 6.00. The molecular formula is C20H25N3O3. The molecule has 1 aromatic rings. The number of hydrogen-bond acceptors (Lipinski definition) is 4. The van der Waals surface area contributed by atoms with Crippen LogP contribution in [-0.2, 0) is 9.53 Å². The highest BCUT2D eigenvalue weighted by Crippen LogP contribution is 2.43. The van der Waals surface area contributed by atoms with Gasteiger partial charge in [-0.1, -0.05) is 0 Å². The van der Waals surface area contributed by atoms with Crippen molar-refractivity contribution in [3.05, 3.63) is 29.8 Å². The molecule has 1 spiro atoms. The zero-order chi connectivity index (χ0) is 18.9. The lowest BCUT2D eigenvalue weighted by atomic mass is 9.77. The number of anilines is 1. The fourth-order valence-corrected chi connectivity index (χ4v) is 3.69. The van der Waals surface area contributed by atoms with Gasteiger partial charge in [0.05, 0.1) is 17.0 Å². The molecule has 0 N–H and O–H groups in total. The Hall–Kier alpha value is -2.55. The number of benzene rings is 1. The standard InChI is InChI=1S/C20H25N3O3/c1-19(2,3)26-18(25)22-11-8-20(9-12-22)10-13-23(17(20)24)16-6-4-15(14-21)5-7-16/h4-7H,8-13H2,1-3H3. The number of carbonyl (C=O) groups excluding carboxylic acids is 2. The van der Waals surface area contributed by atoms with Crippen LogP contribution in [0.15, 0.2) is 24.3 Å². The van der Waals surface area contributed by atoms with Crippen LogP contribution in [0.4, 0.5) is 10.5 Å². The fraction of sp³-hybridized carbons (Fsp3) is 0.550. The van der Waals surface area contributed by atoms with Crippen molar-refractivity contribution in [2.24, 2.45) is 5.41 Å². The third kappa shape index (κ3) is 3.52. The van der Waals surface area contributed by atoms with Crippen LogP contribution in [0, 0.1) is 16.7 Å². The predicted molar refractivity (Wildman–Crippen MR) is 97.6 cm³/mol. The molecule has 2 aliphatic rings. The van der Waals surface area contributed by atoms with Crippen LogP contribution < -0.4 is 4.90 Å². The van der Waals surface area contributed by atoms with Gasteiger partial charge in [-0.15, -0.1) is 0 Å². The molecule has 0 radical (unpaired) electrons. The Bertz CT molecular complexity index is 735. The molecule has 6 heteroatoms. The van der Waals surface area contributed by atoms with Crippen LogP contribution in [0.2, 0.25) is 0 Å². The summed E-state index contributed by atoms with van der Waals surface area (Å²) in [6.45, 7) is 7.33. The van der Waals surface area contributed by atoms with Gasteiger partial charge < -0.3 is 14.5 Å². The van der Waals surface area contributed by atoms with Crippen molar-refractivity contribution in [2.45, 2.75) is 45.6 Å². The molecule has 138 valence electrons. The lowest BCUT2D eigenvalue weighted by Gasteiger charge is -2.38. The first-order chi connectivity index (χ1) is 12.2. The molecular weight excluding hydrogens is 330 g/mol. The number of likely N-dealkylation sites (tertiary alicyclic amines) is 1. The number of nitriles is 1. The third-order valence-electron chi connectivity index (χ3n) is 5.19. The molecule has 0 aromatic heterocycles. The summed E-state index contributed by atoms with van der Waals surface area (Å²) in [7, 11) is 0. The second-order valence-corrected chi connectivity index (χ2v) is 8.11. The van der Waals surface area contributed by atoms with Crippen LogP contribution >= 0.6 is 0 Å². The van der Waals surface area contributed by atoms with Crippen molar-refractivity contribution in [2.75, 3.05) is 24.5 Å². The number of rotatable bonds is 1. The van der Waals surface area contributed by atoms with E-state index in [4.69, 9.17) is 10.00 Å². The van der Waals surface area contributed by atoms with Crippen molar-refractivity contribution < 1.29 is 14.3 Å². The van der Waals surface area contributed by atoms with Crippen molar-refractivity contribution in [1.82, 2.24) is 4.90 Å². The van der Waals surface area contributed by atoms with Gasteiger partial charge in [0.15, 0.2) is 0 Å². The van der Waals surface area contributed by atoms with E-state index in [1.807, 2.05) is 37.8 Å². The van der Waals surface area contributed by atoms with Crippen molar-refractivity contribution in [3.63, 3.8) is 0 Å². The number of hydrogen-bond donors (Lipinski definition) is 0. The van der Waals surface area contributed by atoms with Crippen molar-refractivity contribution >= 4 is 17.7 Å². The summed E-state index contributed by atoms with van der Waals surface area (Å²) in [5.74, 6) is 0.131. The first-order valence-electron chi connectivity index (χ1n) is 9.04. The molecule has 2 aliphatic heterocycles. The van der Waals surface area contributed by atoms with Gasteiger partial charge in [-0.25, -0.2) is 4.79 Å². The van der Waals surface area contributed by atoms with Crippen LogP contribution in [-0.4, -0.2) is 42.1 Å². The smallest absolute Gasteiger partial charge is 0.410 e. The van der Waals surface area contributed by atoms with Gasteiger partial charge in [0.25, 0.3) is 0 Å². The van der Waals surface area contributed by atoms with E-state index in [1.165, 1.54) is 0 Å². The molecule has 2 heterocycles. The van der Waals surface area contributed by atoms with E-state index in [9.17, 15) is 9.59 Å². The second-order valence-electron chi connectivity index (χ2n) is 8.11. The number of nitrogens with zero attached hydrogens (tertiary/aromatic N) is 3. The van der Waals surface area contributed by atoms with Crippen molar-refractivity contribution in [1.29, 1.82) is 5.26 Å². The lowest BCUT2D eigenvalue weighted by molar-refractivity contribution is -0.128. The van der Waals surface area contributed by atoms with Gasteiger partial charge in [0.2, 0.25) is 5.91 Å². The number of carbonyl (C=O) groups is 2. The van der Waals surface area contributed by atoms with Gasteiger partial charge in [0, 0.05) is 25.3 Å². The molecule has 0 atom stereocenters. The Morgan fingerprint density at radius 1 is 1.12 bits per heavy atom. The maximum atomic E-state index is 13.1. The van der Waals surface area contributed by atoms with Crippen molar-refractivity contribution in [3.8, 4) is 6.07 Å². The Labute approximate surface area is 154 Å². The highest BCUT2D eigenvalue weighted by Gasteiger charge is 2.49. The number of ether oxygens (including phenoxy) is 1. The summed E-state index contributed by atoms with van der Waals surface area (Å²) in [6.07, 6.45) is 1.82. The summed E-state index contributed by atoms with van der Waals surface area (Å²) in [5, 5.41) is 8.91. The molecule has 1 aromatic carbocycles. The Balaban J connectivity index is 1.65. The van der Waals surface area contributed by atoms with Gasteiger partial charge in [-0.05, 0) is 64.3 Å². The molecule has 0 unspecified atom stereocenters. The summed E-state index contributed by atoms with van der Waals surface area (Å²) in [6, 6.07) is 9.21. The molecule has 6 nitrogen and oxygen atoms in total. The molecule has 3 rings (SSSR count). The van der Waals surface area contributed by atoms with E-state index in [1.54, 1.807) is 17.0 Å². The van der Waals surface area contributed by atoms with E-state index < -0.39 is 5.60 Å². The molecule has 0 saturated carbocycles. The van der Waals surface area contributed by atoms with E-state index in [0.717, 1.165) is 12.1 Å². The maximum absolute atomic E-state index is 13.1. The summed E-state index contributed by atoms with van der Waals surface area (Å²) in [4.78, 5) is 28.8. The second kappa shape index (κ2) is 6.64. The lowest BCUT2D eigenvalue weighted by Crippen LogP contribution is -2.48. The average Bonchev–Trinajstić information content (AvgIpc) is 2.91. The zero-order valence-corrected chi connectivity index (χ0v) is 15.6. The molecule has 0 bridgehead atoms. The zero-order valence-electron chi connectivity index (χ0n) is 15.6. The van der Waals surface area contributed by atoms with Gasteiger partial charge in [-0.2, -0.15) is 5.26 Å². The summed E-state index contributed by atoms with van der Waals surface area (Å²) >= 11 is 0. The first kappa shape index (κ1) is 18.2. The Morgan fingerprint density at radius 3 is 2.23 bits per heavy atom. The van der Waals surface area contributed by atoms with Gasteiger partial charge >= 0.3 is 6.09 Å². The fourth-order valence-electron chi connectivity index (χ4n) is 3.69. The SMILES string of the molecule is CC(C)(C)OC(=O)N1CCC2(CC1)CCN(c1ccc(C#N)cc1)C2=O. The Kier molecular flexibility index (Phi) is 4.66. The van der Waals surface area contributed by atoms with Crippen LogP contribution in [0.5, 0.6) is 0 Å². The predicted octanol–water partition coefficient (Wildman–Crippen LogP) is 3.31. The first-order valence-corrected chi connectivity index (χ1v) is 9.04. The number of piperidine rings is 1. The third-order valence-corrected chi connectivity index (χ3v) is 5.19. The van der Waals surface area contributed by atoms with E-state index >= 15 is 0 Å². The maximum Gasteiger partial charge on any atom is 0.410 e. The molecule has 0 aliphatic carbocycles. The van der Waals surface area contributed by atoms with E-state index in [2.05, 4.69) is 6.07 Å². The quantitative estimate of drug-likeness (QED) is 0.775.